The van der Waals surface area contributed by atoms with Crippen molar-refractivity contribution in [2.24, 2.45) is 0 Å². The Morgan fingerprint density at radius 1 is 0.848 bits per heavy atom. The van der Waals surface area contributed by atoms with Gasteiger partial charge in [0.1, 0.15) is 11.2 Å². The molecule has 0 aliphatic rings. The van der Waals surface area contributed by atoms with Crippen LogP contribution in [0.15, 0.2) is 71.3 Å². The zero-order valence-corrected chi connectivity index (χ0v) is 20.8. The Hall–Kier alpha value is -3.46. The van der Waals surface area contributed by atoms with E-state index in [1.165, 1.54) is 32.9 Å². The maximum Gasteiger partial charge on any atom is 0.149 e. The van der Waals surface area contributed by atoms with Crippen molar-refractivity contribution in [3.05, 3.63) is 97.5 Å². The van der Waals surface area contributed by atoms with E-state index in [0.29, 0.717) is 0 Å². The summed E-state index contributed by atoms with van der Waals surface area (Å²) in [4.78, 5) is 0. The standard InChI is InChI=1S/C29H21N2O.Ir/c1-16-14-23(30(4)15-18(16)3)25-17(2)13-21-19-9-5-7-11-22(19)31-27(21)26(25)29-28(31)20-10-6-8-12-24(20)32-29;/h5-15H,2,4H2,1,3H3;/q-1;. The van der Waals surface area contributed by atoms with Gasteiger partial charge in [0.2, 0.25) is 0 Å². The third-order valence-electron chi connectivity index (χ3n) is 6.95. The molecule has 4 aromatic heterocycles. The molecule has 1 radical (unpaired) electrons. The van der Waals surface area contributed by atoms with Crippen molar-refractivity contribution in [2.75, 3.05) is 0 Å². The molecule has 0 fully saturated rings. The summed E-state index contributed by atoms with van der Waals surface area (Å²) in [7, 11) is 4.31. The summed E-state index contributed by atoms with van der Waals surface area (Å²) in [5, 5.41) is 4.68. The molecule has 0 saturated carbocycles. The Morgan fingerprint density at radius 2 is 1.58 bits per heavy atom. The largest absolute Gasteiger partial charge is 0.455 e. The molecule has 0 unspecified atom stereocenters. The van der Waals surface area contributed by atoms with E-state index >= 15 is 0 Å². The summed E-state index contributed by atoms with van der Waals surface area (Å²) in [6.45, 7) is 8.75. The van der Waals surface area contributed by atoms with Crippen LogP contribution in [-0.2, 0) is 20.1 Å². The zero-order valence-electron chi connectivity index (χ0n) is 18.4. The van der Waals surface area contributed by atoms with Gasteiger partial charge in [0.15, 0.2) is 0 Å². The van der Waals surface area contributed by atoms with Crippen molar-refractivity contribution in [3.63, 3.8) is 0 Å². The Morgan fingerprint density at radius 3 is 2.39 bits per heavy atom. The van der Waals surface area contributed by atoms with Gasteiger partial charge in [-0.05, 0) is 53.8 Å². The van der Waals surface area contributed by atoms with E-state index in [9.17, 15) is 0 Å². The first kappa shape index (κ1) is 20.2. The average molecular weight is 606 g/mol. The first-order valence-electron chi connectivity index (χ1n) is 10.8. The Kier molecular flexibility index (Phi) is 4.14. The van der Waals surface area contributed by atoms with Crippen molar-refractivity contribution in [3.8, 4) is 11.3 Å². The molecule has 0 aliphatic carbocycles. The van der Waals surface area contributed by atoms with Crippen LogP contribution in [0.4, 0.5) is 0 Å². The SMILES string of the molecule is [CH2-]c1cc2c3ccccc3n3c4c5ccccc5oc4c(c1-c1cc(C)c(C)c[n+]1[CH2-])c23.[Ir]. The van der Waals surface area contributed by atoms with Gasteiger partial charge in [-0.3, -0.25) is 0 Å². The number of aryl methyl sites for hydroxylation is 2. The van der Waals surface area contributed by atoms with Gasteiger partial charge >= 0.3 is 0 Å². The summed E-state index contributed by atoms with van der Waals surface area (Å²) in [5.74, 6) is 0. The summed E-state index contributed by atoms with van der Waals surface area (Å²) in [6.07, 6.45) is 2.09. The first-order valence-corrected chi connectivity index (χ1v) is 10.8. The topological polar surface area (TPSA) is 21.4 Å². The van der Waals surface area contributed by atoms with Gasteiger partial charge in [0.25, 0.3) is 0 Å². The van der Waals surface area contributed by atoms with Crippen LogP contribution >= 0.6 is 0 Å². The number of hydrogen-bond donors (Lipinski definition) is 0. The van der Waals surface area contributed by atoms with Crippen molar-refractivity contribution >= 4 is 49.3 Å². The van der Waals surface area contributed by atoms with Gasteiger partial charge in [-0.1, -0.05) is 42.0 Å². The average Bonchev–Trinajstić information content (AvgIpc) is 3.41. The van der Waals surface area contributed by atoms with Crippen molar-refractivity contribution < 1.29 is 29.1 Å². The Bertz CT molecular complexity index is 1870. The monoisotopic (exact) mass is 606 g/mol. The van der Waals surface area contributed by atoms with E-state index < -0.39 is 0 Å². The molecule has 4 heteroatoms. The molecule has 0 spiro atoms. The van der Waals surface area contributed by atoms with Gasteiger partial charge < -0.3 is 13.4 Å². The molecule has 0 aliphatic heterocycles. The third kappa shape index (κ3) is 2.45. The second kappa shape index (κ2) is 6.77. The summed E-state index contributed by atoms with van der Waals surface area (Å²) in [5.41, 5.74) is 10.8. The molecular formula is C29H21IrN2O-. The van der Waals surface area contributed by atoms with E-state index in [1.54, 1.807) is 0 Å². The Labute approximate surface area is 204 Å². The number of pyridine rings is 1. The summed E-state index contributed by atoms with van der Waals surface area (Å²) >= 11 is 0. The second-order valence-electron chi connectivity index (χ2n) is 8.80. The van der Waals surface area contributed by atoms with Crippen molar-refractivity contribution in [1.29, 1.82) is 0 Å². The molecular weight excluding hydrogens is 585 g/mol. The number of para-hydroxylation sites is 2. The van der Waals surface area contributed by atoms with E-state index in [1.807, 2.05) is 16.7 Å². The minimum Gasteiger partial charge on any atom is -0.455 e. The molecule has 0 N–H and O–H groups in total. The van der Waals surface area contributed by atoms with Crippen LogP contribution < -0.4 is 4.57 Å². The van der Waals surface area contributed by atoms with E-state index in [0.717, 1.165) is 44.3 Å². The van der Waals surface area contributed by atoms with Gasteiger partial charge in [-0.25, -0.2) is 0 Å². The number of nitrogens with zero attached hydrogens (tertiary/aromatic N) is 2. The minimum atomic E-state index is 0. The number of aromatic nitrogens is 2. The number of rotatable bonds is 1. The predicted octanol–water partition coefficient (Wildman–Crippen LogP) is 6.97. The molecule has 3 aromatic carbocycles. The van der Waals surface area contributed by atoms with Crippen molar-refractivity contribution in [1.82, 2.24) is 4.40 Å². The van der Waals surface area contributed by atoms with E-state index in [-0.39, 0.29) is 20.1 Å². The van der Waals surface area contributed by atoms with Gasteiger partial charge in [-0.15, -0.1) is 5.56 Å². The fourth-order valence-electron chi connectivity index (χ4n) is 5.37. The molecule has 0 saturated heterocycles. The van der Waals surface area contributed by atoms with Crippen LogP contribution in [0, 0.1) is 27.8 Å². The number of furan rings is 1. The molecule has 4 heterocycles. The maximum absolute atomic E-state index is 6.52. The van der Waals surface area contributed by atoms with Crippen LogP contribution in [0.1, 0.15) is 16.7 Å². The Balaban J connectivity index is 0.00000206. The molecule has 0 atom stereocenters. The molecule has 7 rings (SSSR count). The zero-order chi connectivity index (χ0) is 21.7. The van der Waals surface area contributed by atoms with Crippen LogP contribution in [0.5, 0.6) is 0 Å². The van der Waals surface area contributed by atoms with E-state index in [2.05, 4.69) is 86.9 Å². The number of benzene rings is 3. The number of fused-ring (bicyclic) bond motifs is 8. The summed E-state index contributed by atoms with van der Waals surface area (Å²) < 4.78 is 10.9. The summed E-state index contributed by atoms with van der Waals surface area (Å²) in [6, 6.07) is 21.3. The van der Waals surface area contributed by atoms with Crippen LogP contribution in [0.3, 0.4) is 0 Å². The normalized spacial score (nSPS) is 11.9. The second-order valence-corrected chi connectivity index (χ2v) is 8.80. The molecule has 33 heavy (non-hydrogen) atoms. The minimum absolute atomic E-state index is 0. The molecule has 7 aromatic rings. The van der Waals surface area contributed by atoms with Crippen LogP contribution in [0.2, 0.25) is 0 Å². The first-order chi connectivity index (χ1) is 15.5. The molecule has 163 valence electrons. The van der Waals surface area contributed by atoms with Crippen LogP contribution in [0.25, 0.3) is 60.5 Å². The third-order valence-corrected chi connectivity index (χ3v) is 6.95. The van der Waals surface area contributed by atoms with Gasteiger partial charge in [-0.2, -0.15) is 18.6 Å². The molecule has 0 amide bonds. The maximum atomic E-state index is 6.52. The van der Waals surface area contributed by atoms with Gasteiger partial charge in [0.05, 0.1) is 22.9 Å². The fraction of sp³-hybridized carbons (Fsp3) is 0.0690. The quantitative estimate of drug-likeness (QED) is 0.146. The smallest absolute Gasteiger partial charge is 0.149 e. The number of hydrogen-bond acceptors (Lipinski definition) is 1. The van der Waals surface area contributed by atoms with Crippen molar-refractivity contribution in [2.45, 2.75) is 13.8 Å². The van der Waals surface area contributed by atoms with E-state index in [4.69, 9.17) is 4.42 Å². The molecule has 0 bridgehead atoms. The molecule has 3 nitrogen and oxygen atoms in total. The fourth-order valence-corrected chi connectivity index (χ4v) is 5.37. The van der Waals surface area contributed by atoms with Crippen LogP contribution in [-0.4, -0.2) is 4.40 Å². The van der Waals surface area contributed by atoms with Gasteiger partial charge in [0, 0.05) is 38.1 Å². The predicted molar refractivity (Wildman–Crippen MR) is 131 cm³/mol.